The standard InChI is InChI=1S/C22H22N4O3/c1-14-7-11-18(12-8-14)26-22(29)25(13-16-6-4-3-5-15(16)2)21(28)19(24-26)20(27)23-17-9-10-17/h3-8,11-12,17H,9-10,13H2,1-2H3,(H,23,27). The maximum absolute atomic E-state index is 13.1. The zero-order valence-corrected chi connectivity index (χ0v) is 16.4. The molecule has 2 aromatic carbocycles. The van der Waals surface area contributed by atoms with Crippen LogP contribution in [0.4, 0.5) is 0 Å². The largest absolute Gasteiger partial charge is 0.352 e. The molecule has 1 heterocycles. The highest BCUT2D eigenvalue weighted by molar-refractivity contribution is 5.92. The van der Waals surface area contributed by atoms with Crippen LogP contribution in [-0.4, -0.2) is 26.3 Å². The number of carbonyl (C=O) groups is 1. The SMILES string of the molecule is Cc1ccc(-n2nc(C(=O)NC3CC3)c(=O)n(Cc3ccccc3C)c2=O)cc1. The fraction of sp³-hybridized carbons (Fsp3) is 0.273. The summed E-state index contributed by atoms with van der Waals surface area (Å²) in [5.74, 6) is -0.545. The molecule has 1 N–H and O–H groups in total. The molecule has 0 bridgehead atoms. The smallest absolute Gasteiger partial charge is 0.348 e. The van der Waals surface area contributed by atoms with E-state index in [0.717, 1.165) is 38.8 Å². The first kappa shape index (κ1) is 18.9. The third-order valence-corrected chi connectivity index (χ3v) is 5.06. The summed E-state index contributed by atoms with van der Waals surface area (Å²) in [6.45, 7) is 3.93. The predicted octanol–water partition coefficient (Wildman–Crippen LogP) is 1.95. The van der Waals surface area contributed by atoms with Gasteiger partial charge < -0.3 is 5.32 Å². The van der Waals surface area contributed by atoms with Gasteiger partial charge in [-0.2, -0.15) is 9.78 Å². The molecule has 1 aliphatic carbocycles. The van der Waals surface area contributed by atoms with E-state index in [1.54, 1.807) is 12.1 Å². The second-order valence-electron chi connectivity index (χ2n) is 7.44. The van der Waals surface area contributed by atoms with E-state index in [1.807, 2.05) is 50.2 Å². The Hall–Kier alpha value is -3.48. The summed E-state index contributed by atoms with van der Waals surface area (Å²) in [6, 6.07) is 14.8. The molecular weight excluding hydrogens is 368 g/mol. The van der Waals surface area contributed by atoms with Crippen molar-refractivity contribution in [3.63, 3.8) is 0 Å². The number of amides is 1. The molecule has 1 saturated carbocycles. The predicted molar refractivity (Wildman–Crippen MR) is 110 cm³/mol. The Bertz CT molecular complexity index is 1190. The van der Waals surface area contributed by atoms with Gasteiger partial charge in [0.2, 0.25) is 5.69 Å². The molecule has 148 valence electrons. The molecule has 4 rings (SSSR count). The second kappa shape index (κ2) is 7.50. The first-order valence-electron chi connectivity index (χ1n) is 9.60. The van der Waals surface area contributed by atoms with E-state index in [1.165, 1.54) is 0 Å². The lowest BCUT2D eigenvalue weighted by atomic mass is 10.1. The first-order chi connectivity index (χ1) is 13.9. The Morgan fingerprint density at radius 2 is 1.76 bits per heavy atom. The molecule has 7 heteroatoms. The van der Waals surface area contributed by atoms with Crippen LogP contribution in [0.2, 0.25) is 0 Å². The number of hydrogen-bond donors (Lipinski definition) is 1. The van der Waals surface area contributed by atoms with Gasteiger partial charge in [-0.25, -0.2) is 4.79 Å². The summed E-state index contributed by atoms with van der Waals surface area (Å²) in [4.78, 5) is 38.8. The summed E-state index contributed by atoms with van der Waals surface area (Å²) in [5.41, 5.74) is 1.79. The molecule has 1 amide bonds. The number of hydrogen-bond acceptors (Lipinski definition) is 4. The van der Waals surface area contributed by atoms with E-state index in [-0.39, 0.29) is 18.3 Å². The molecule has 7 nitrogen and oxygen atoms in total. The molecule has 1 aliphatic rings. The van der Waals surface area contributed by atoms with Crippen molar-refractivity contribution in [2.75, 3.05) is 0 Å². The normalized spacial score (nSPS) is 13.3. The van der Waals surface area contributed by atoms with Gasteiger partial charge in [0.1, 0.15) is 0 Å². The topological polar surface area (TPSA) is 86.0 Å². The third-order valence-electron chi connectivity index (χ3n) is 5.06. The number of aryl methyl sites for hydroxylation is 2. The van der Waals surface area contributed by atoms with Crippen LogP contribution >= 0.6 is 0 Å². The van der Waals surface area contributed by atoms with Gasteiger partial charge in [-0.15, -0.1) is 0 Å². The Morgan fingerprint density at radius 1 is 1.07 bits per heavy atom. The molecule has 1 fully saturated rings. The van der Waals surface area contributed by atoms with Crippen LogP contribution < -0.4 is 16.6 Å². The van der Waals surface area contributed by atoms with Gasteiger partial charge in [0.15, 0.2) is 0 Å². The zero-order valence-electron chi connectivity index (χ0n) is 16.4. The number of rotatable bonds is 5. The monoisotopic (exact) mass is 390 g/mol. The lowest BCUT2D eigenvalue weighted by Crippen LogP contribution is -2.46. The minimum Gasteiger partial charge on any atom is -0.348 e. The quantitative estimate of drug-likeness (QED) is 0.722. The van der Waals surface area contributed by atoms with Crippen LogP contribution in [0.25, 0.3) is 5.69 Å². The third kappa shape index (κ3) is 3.89. The van der Waals surface area contributed by atoms with Crippen molar-refractivity contribution >= 4 is 5.91 Å². The van der Waals surface area contributed by atoms with E-state index in [9.17, 15) is 14.4 Å². The minimum absolute atomic E-state index is 0.0719. The Balaban J connectivity index is 1.88. The Labute approximate surface area is 167 Å². The Morgan fingerprint density at radius 3 is 2.41 bits per heavy atom. The summed E-state index contributed by atoms with van der Waals surface area (Å²) in [7, 11) is 0. The molecule has 0 atom stereocenters. The van der Waals surface area contributed by atoms with Gasteiger partial charge in [0.05, 0.1) is 12.2 Å². The van der Waals surface area contributed by atoms with Gasteiger partial charge in [-0.3, -0.25) is 14.2 Å². The van der Waals surface area contributed by atoms with Gasteiger partial charge in [-0.1, -0.05) is 42.0 Å². The van der Waals surface area contributed by atoms with Crippen LogP contribution in [0.3, 0.4) is 0 Å². The van der Waals surface area contributed by atoms with Crippen molar-refractivity contribution in [1.29, 1.82) is 0 Å². The highest BCUT2D eigenvalue weighted by Gasteiger charge is 2.27. The van der Waals surface area contributed by atoms with Crippen molar-refractivity contribution in [2.45, 2.75) is 39.3 Å². The average Bonchev–Trinajstić information content (AvgIpc) is 3.51. The number of nitrogens with one attached hydrogen (secondary N) is 1. The molecule has 0 radical (unpaired) electrons. The summed E-state index contributed by atoms with van der Waals surface area (Å²) >= 11 is 0. The van der Waals surface area contributed by atoms with Crippen LogP contribution in [0.5, 0.6) is 0 Å². The molecule has 0 aliphatic heterocycles. The second-order valence-corrected chi connectivity index (χ2v) is 7.44. The van der Waals surface area contributed by atoms with E-state index >= 15 is 0 Å². The van der Waals surface area contributed by atoms with Crippen LogP contribution in [0.15, 0.2) is 58.1 Å². The van der Waals surface area contributed by atoms with Crippen molar-refractivity contribution < 1.29 is 4.79 Å². The lowest BCUT2D eigenvalue weighted by molar-refractivity contribution is 0.0941. The van der Waals surface area contributed by atoms with Crippen LogP contribution in [-0.2, 0) is 6.54 Å². The molecule has 0 saturated heterocycles. The Kier molecular flexibility index (Phi) is 4.88. The summed E-state index contributed by atoms with van der Waals surface area (Å²) < 4.78 is 2.21. The molecule has 1 aromatic heterocycles. The van der Waals surface area contributed by atoms with E-state index < -0.39 is 17.2 Å². The molecule has 0 unspecified atom stereocenters. The molecule has 0 spiro atoms. The number of nitrogens with zero attached hydrogens (tertiary/aromatic N) is 3. The summed E-state index contributed by atoms with van der Waals surface area (Å²) in [5, 5.41) is 6.93. The lowest BCUT2D eigenvalue weighted by Gasteiger charge is -2.13. The van der Waals surface area contributed by atoms with E-state index in [0.29, 0.717) is 5.69 Å². The number of benzene rings is 2. The average molecular weight is 390 g/mol. The van der Waals surface area contributed by atoms with Crippen molar-refractivity contribution in [3.05, 3.63) is 91.8 Å². The molecule has 3 aromatic rings. The maximum atomic E-state index is 13.1. The van der Waals surface area contributed by atoms with Crippen molar-refractivity contribution in [3.8, 4) is 5.69 Å². The fourth-order valence-corrected chi connectivity index (χ4v) is 3.09. The maximum Gasteiger partial charge on any atom is 0.352 e. The fourth-order valence-electron chi connectivity index (χ4n) is 3.09. The van der Waals surface area contributed by atoms with Crippen LogP contribution in [0.1, 0.15) is 40.0 Å². The van der Waals surface area contributed by atoms with Gasteiger partial charge in [0.25, 0.3) is 11.5 Å². The minimum atomic E-state index is -0.681. The van der Waals surface area contributed by atoms with Gasteiger partial charge >= 0.3 is 5.69 Å². The van der Waals surface area contributed by atoms with E-state index in [2.05, 4.69) is 10.4 Å². The van der Waals surface area contributed by atoms with E-state index in [4.69, 9.17) is 0 Å². The highest BCUT2D eigenvalue weighted by atomic mass is 16.2. The van der Waals surface area contributed by atoms with Crippen molar-refractivity contribution in [2.24, 2.45) is 0 Å². The van der Waals surface area contributed by atoms with Crippen LogP contribution in [0, 0.1) is 13.8 Å². The zero-order chi connectivity index (χ0) is 20.5. The number of aromatic nitrogens is 3. The van der Waals surface area contributed by atoms with Crippen molar-refractivity contribution in [1.82, 2.24) is 19.7 Å². The first-order valence-corrected chi connectivity index (χ1v) is 9.60. The summed E-state index contributed by atoms with van der Waals surface area (Å²) in [6.07, 6.45) is 1.78. The highest BCUT2D eigenvalue weighted by Crippen LogP contribution is 2.18. The molecular formula is C22H22N4O3. The van der Waals surface area contributed by atoms with Gasteiger partial charge in [0, 0.05) is 6.04 Å². The molecule has 29 heavy (non-hydrogen) atoms. The van der Waals surface area contributed by atoms with Gasteiger partial charge in [-0.05, 0) is 49.9 Å². The number of carbonyl (C=O) groups excluding carboxylic acids is 1.